The van der Waals surface area contributed by atoms with Crippen molar-refractivity contribution in [1.29, 1.82) is 0 Å². The average Bonchev–Trinajstić information content (AvgIpc) is 3.20. The first-order valence-corrected chi connectivity index (χ1v) is 18.0. The van der Waals surface area contributed by atoms with Crippen molar-refractivity contribution in [2.24, 2.45) is 0 Å². The fourth-order valence-corrected chi connectivity index (χ4v) is 7.68. The molecule has 41 heavy (non-hydrogen) atoms. The highest BCUT2D eigenvalue weighted by molar-refractivity contribution is 6.74. The minimum atomic E-state index is -2.10. The third kappa shape index (κ3) is 5.95. The number of aliphatic hydroxyl groups excluding tert-OH is 2. The Labute approximate surface area is 249 Å². The van der Waals surface area contributed by atoms with Crippen LogP contribution >= 0.6 is 11.6 Å². The van der Waals surface area contributed by atoms with E-state index in [0.717, 1.165) is 53.3 Å². The number of benzene rings is 1. The van der Waals surface area contributed by atoms with E-state index in [4.69, 9.17) is 21.0 Å². The fourth-order valence-electron chi connectivity index (χ4n) is 6.18. The van der Waals surface area contributed by atoms with Gasteiger partial charge in [0.05, 0.1) is 36.4 Å². The van der Waals surface area contributed by atoms with Gasteiger partial charge >= 0.3 is 0 Å². The number of aliphatic hydroxyl groups is 2. The predicted octanol–water partition coefficient (Wildman–Crippen LogP) is 6.45. The van der Waals surface area contributed by atoms with Gasteiger partial charge < -0.3 is 19.5 Å². The molecule has 2 aromatic heterocycles. The maximum absolute atomic E-state index is 14.5. The van der Waals surface area contributed by atoms with Crippen molar-refractivity contribution in [3.63, 3.8) is 0 Å². The average molecular weight is 596 g/mol. The molecule has 1 amide bonds. The van der Waals surface area contributed by atoms with Crippen LogP contribution in [0, 0.1) is 0 Å². The van der Waals surface area contributed by atoms with Crippen molar-refractivity contribution in [3.05, 3.63) is 70.1 Å². The molecular weight excluding hydrogens is 554 g/mol. The molecule has 1 aromatic carbocycles. The van der Waals surface area contributed by atoms with E-state index in [2.05, 4.69) is 38.8 Å². The summed E-state index contributed by atoms with van der Waals surface area (Å²) in [6, 6.07) is 9.15. The summed E-state index contributed by atoms with van der Waals surface area (Å²) in [5.74, 6) is -0.0473. The molecule has 2 N–H and O–H groups in total. The van der Waals surface area contributed by atoms with Gasteiger partial charge in [-0.05, 0) is 66.7 Å². The molecular formula is C32H42ClN3O4Si. The highest BCUT2D eigenvalue weighted by Crippen LogP contribution is 2.47. The van der Waals surface area contributed by atoms with Crippen LogP contribution < -0.4 is 0 Å². The number of rotatable bonds is 8. The van der Waals surface area contributed by atoms with Gasteiger partial charge in [0.25, 0.3) is 5.91 Å². The Morgan fingerprint density at radius 2 is 1.93 bits per heavy atom. The Bertz CT molecular complexity index is 1410. The lowest BCUT2D eigenvalue weighted by molar-refractivity contribution is -0.00180. The molecule has 220 valence electrons. The number of halogens is 1. The molecule has 1 fully saturated rings. The number of amides is 1. The summed E-state index contributed by atoms with van der Waals surface area (Å²) in [6.07, 6.45) is 7.15. The molecule has 2 aliphatic rings. The van der Waals surface area contributed by atoms with Crippen LogP contribution in [-0.4, -0.2) is 64.2 Å². The number of pyridine rings is 2. The van der Waals surface area contributed by atoms with E-state index < -0.39 is 20.5 Å². The van der Waals surface area contributed by atoms with Crippen LogP contribution in [0.15, 0.2) is 42.7 Å². The molecule has 0 radical (unpaired) electrons. The summed E-state index contributed by atoms with van der Waals surface area (Å²) < 4.78 is 6.99. The van der Waals surface area contributed by atoms with Gasteiger partial charge in [-0.15, -0.1) is 0 Å². The number of aromatic nitrogens is 2. The van der Waals surface area contributed by atoms with Crippen LogP contribution in [0.2, 0.25) is 23.3 Å². The van der Waals surface area contributed by atoms with Gasteiger partial charge in [-0.1, -0.05) is 57.3 Å². The smallest absolute Gasteiger partial charge is 0.255 e. The molecule has 1 aliphatic heterocycles. The summed E-state index contributed by atoms with van der Waals surface area (Å²) >= 11 is 6.02. The van der Waals surface area contributed by atoms with Gasteiger partial charge in [0.1, 0.15) is 5.15 Å². The normalized spacial score (nSPS) is 22.3. The third-order valence-electron chi connectivity index (χ3n) is 9.32. The fraction of sp³-hybridized carbons (Fsp3) is 0.531. The van der Waals surface area contributed by atoms with Crippen molar-refractivity contribution in [2.75, 3.05) is 6.61 Å². The standard InChI is InChI=1S/C32H42ClN3O4Si/c1-32(2,3)41(4,5)40-27-11-7-6-10-25(27)36-26(17-22(38)19-37)29-24(31(36)39)16-21(23-9-8-14-34-30(23)29)15-20-12-13-28(33)35-18-20/h8-9,12-14,16,18,22,25-27,37-38H,6-7,10-11,15,17,19H2,1-5H3/t22?,25-,26?,27-/m0/s1. The first kappa shape index (κ1) is 30.1. The van der Waals surface area contributed by atoms with E-state index in [1.165, 1.54) is 0 Å². The highest BCUT2D eigenvalue weighted by Gasteiger charge is 2.48. The molecule has 3 aromatic rings. The van der Waals surface area contributed by atoms with Gasteiger partial charge in [0.2, 0.25) is 0 Å². The molecule has 0 spiro atoms. The molecule has 3 heterocycles. The van der Waals surface area contributed by atoms with E-state index in [0.29, 0.717) is 17.1 Å². The van der Waals surface area contributed by atoms with E-state index in [9.17, 15) is 15.0 Å². The lowest BCUT2D eigenvalue weighted by Crippen LogP contribution is -2.54. The van der Waals surface area contributed by atoms with Gasteiger partial charge in [0.15, 0.2) is 8.32 Å². The molecule has 9 heteroatoms. The third-order valence-corrected chi connectivity index (χ3v) is 14.0. The van der Waals surface area contributed by atoms with Crippen molar-refractivity contribution in [2.45, 2.75) is 102 Å². The molecule has 5 rings (SSSR count). The van der Waals surface area contributed by atoms with Crippen molar-refractivity contribution >= 4 is 36.7 Å². The number of carbonyl (C=O) groups is 1. The van der Waals surface area contributed by atoms with Gasteiger partial charge in [0, 0.05) is 35.3 Å². The van der Waals surface area contributed by atoms with Crippen LogP contribution in [0.25, 0.3) is 10.9 Å². The second-order valence-electron chi connectivity index (χ2n) is 13.1. The molecule has 0 saturated heterocycles. The molecule has 2 unspecified atom stereocenters. The van der Waals surface area contributed by atoms with Crippen molar-refractivity contribution < 1.29 is 19.4 Å². The second-order valence-corrected chi connectivity index (χ2v) is 18.3. The van der Waals surface area contributed by atoms with Crippen LogP contribution in [0.5, 0.6) is 0 Å². The molecule has 1 aliphatic carbocycles. The zero-order valence-electron chi connectivity index (χ0n) is 24.7. The maximum Gasteiger partial charge on any atom is 0.255 e. The molecule has 4 atom stereocenters. The largest absolute Gasteiger partial charge is 0.412 e. The molecule has 1 saturated carbocycles. The summed E-state index contributed by atoms with van der Waals surface area (Å²) in [5.41, 5.74) is 4.22. The number of hydrogen-bond acceptors (Lipinski definition) is 6. The van der Waals surface area contributed by atoms with Gasteiger partial charge in [-0.25, -0.2) is 4.98 Å². The van der Waals surface area contributed by atoms with Crippen LogP contribution in [0.4, 0.5) is 0 Å². The lowest BCUT2D eigenvalue weighted by atomic mass is 9.89. The monoisotopic (exact) mass is 595 g/mol. The summed E-state index contributed by atoms with van der Waals surface area (Å²) in [6.45, 7) is 10.9. The number of nitrogens with zero attached hydrogens (tertiary/aromatic N) is 3. The quantitative estimate of drug-likeness (QED) is 0.230. The van der Waals surface area contributed by atoms with Gasteiger partial charge in [-0.3, -0.25) is 9.78 Å². The summed E-state index contributed by atoms with van der Waals surface area (Å²) in [4.78, 5) is 25.5. The van der Waals surface area contributed by atoms with Crippen molar-refractivity contribution in [1.82, 2.24) is 14.9 Å². The maximum atomic E-state index is 14.5. The minimum Gasteiger partial charge on any atom is -0.412 e. The van der Waals surface area contributed by atoms with E-state index >= 15 is 0 Å². The van der Waals surface area contributed by atoms with E-state index in [1.54, 1.807) is 18.5 Å². The number of hydrogen-bond donors (Lipinski definition) is 2. The van der Waals surface area contributed by atoms with Crippen molar-refractivity contribution in [3.8, 4) is 0 Å². The van der Waals surface area contributed by atoms with Crippen LogP contribution in [-0.2, 0) is 10.8 Å². The zero-order chi connectivity index (χ0) is 29.5. The van der Waals surface area contributed by atoms with Gasteiger partial charge in [-0.2, -0.15) is 0 Å². The first-order chi connectivity index (χ1) is 19.4. The second kappa shape index (κ2) is 11.7. The Kier molecular flexibility index (Phi) is 8.61. The first-order valence-electron chi connectivity index (χ1n) is 14.7. The lowest BCUT2D eigenvalue weighted by Gasteiger charge is -2.46. The molecule has 7 nitrogen and oxygen atoms in total. The summed E-state index contributed by atoms with van der Waals surface area (Å²) in [5, 5.41) is 22.0. The Hall–Kier alpha value is -2.36. The van der Waals surface area contributed by atoms with Crippen LogP contribution in [0.1, 0.15) is 86.0 Å². The number of carbonyl (C=O) groups excluding carboxylic acids is 1. The van der Waals surface area contributed by atoms with Crippen LogP contribution in [0.3, 0.4) is 0 Å². The zero-order valence-corrected chi connectivity index (χ0v) is 26.5. The predicted molar refractivity (Wildman–Crippen MR) is 165 cm³/mol. The Morgan fingerprint density at radius 3 is 2.61 bits per heavy atom. The number of fused-ring (bicyclic) bond motifs is 3. The Morgan fingerprint density at radius 1 is 1.17 bits per heavy atom. The summed E-state index contributed by atoms with van der Waals surface area (Å²) in [7, 11) is -2.10. The molecule has 0 bridgehead atoms. The van der Waals surface area contributed by atoms with E-state index in [-0.39, 0.29) is 36.1 Å². The SMILES string of the molecule is CC(C)(C)[Si](C)(C)O[C@H]1CCCC[C@@H]1N1C(=O)c2cc(Cc3ccc(Cl)nc3)c3cccnc3c2C1CC(O)CO. The minimum absolute atomic E-state index is 0.0466. The van der Waals surface area contributed by atoms with E-state index in [1.807, 2.05) is 29.2 Å². The topological polar surface area (TPSA) is 95.8 Å². The Balaban J connectivity index is 1.61. The highest BCUT2D eigenvalue weighted by atomic mass is 35.5.